The van der Waals surface area contributed by atoms with Gasteiger partial charge >= 0.3 is 0 Å². The van der Waals surface area contributed by atoms with Gasteiger partial charge < -0.3 is 10.1 Å². The van der Waals surface area contributed by atoms with Crippen molar-refractivity contribution >= 4 is 40.9 Å². The molecular formula is C20H23Cl2NO2S. The average Bonchev–Trinajstić information content (AvgIpc) is 2.63. The van der Waals surface area contributed by atoms with Crippen LogP contribution in [0.5, 0.6) is 5.75 Å². The molecule has 1 N–H and O–H groups in total. The summed E-state index contributed by atoms with van der Waals surface area (Å²) < 4.78 is 5.80. The summed E-state index contributed by atoms with van der Waals surface area (Å²) in [5.74, 6) is 2.23. The minimum absolute atomic E-state index is 0.110. The molecule has 0 radical (unpaired) electrons. The molecule has 26 heavy (non-hydrogen) atoms. The predicted molar refractivity (Wildman–Crippen MR) is 112 cm³/mol. The van der Waals surface area contributed by atoms with Crippen molar-refractivity contribution in [2.24, 2.45) is 0 Å². The zero-order valence-electron chi connectivity index (χ0n) is 14.9. The van der Waals surface area contributed by atoms with Gasteiger partial charge in [0.15, 0.2) is 6.10 Å². The Labute approximate surface area is 169 Å². The van der Waals surface area contributed by atoms with E-state index in [0.717, 1.165) is 34.8 Å². The first-order valence-electron chi connectivity index (χ1n) is 8.55. The largest absolute Gasteiger partial charge is 0.481 e. The van der Waals surface area contributed by atoms with Gasteiger partial charge in [0.05, 0.1) is 0 Å². The molecule has 2 rings (SSSR count). The van der Waals surface area contributed by atoms with Gasteiger partial charge in [0, 0.05) is 28.1 Å². The van der Waals surface area contributed by atoms with Crippen molar-refractivity contribution in [2.75, 3.05) is 12.3 Å². The predicted octanol–water partition coefficient (Wildman–Crippen LogP) is 5.37. The van der Waals surface area contributed by atoms with Gasteiger partial charge in [-0.3, -0.25) is 4.79 Å². The molecule has 0 aliphatic rings. The van der Waals surface area contributed by atoms with E-state index in [1.54, 1.807) is 24.8 Å². The molecule has 1 atom stereocenters. The number of nitrogens with one attached hydrogen (secondary N) is 1. The second-order valence-corrected chi connectivity index (χ2v) is 7.75. The number of halogens is 2. The van der Waals surface area contributed by atoms with E-state index in [0.29, 0.717) is 16.6 Å². The van der Waals surface area contributed by atoms with Crippen LogP contribution in [0.1, 0.15) is 25.0 Å². The third-order valence-corrected chi connectivity index (χ3v) is 5.44. The van der Waals surface area contributed by atoms with Gasteiger partial charge in [-0.2, -0.15) is 11.8 Å². The van der Waals surface area contributed by atoms with E-state index < -0.39 is 6.10 Å². The fourth-order valence-electron chi connectivity index (χ4n) is 2.37. The summed E-state index contributed by atoms with van der Waals surface area (Å²) in [4.78, 5) is 12.2. The zero-order chi connectivity index (χ0) is 18.9. The summed E-state index contributed by atoms with van der Waals surface area (Å²) in [6, 6.07) is 13.3. The van der Waals surface area contributed by atoms with E-state index in [1.807, 2.05) is 36.4 Å². The highest BCUT2D eigenvalue weighted by atomic mass is 35.5. The number of benzene rings is 2. The molecule has 6 heteroatoms. The van der Waals surface area contributed by atoms with Crippen LogP contribution in [0.2, 0.25) is 10.0 Å². The lowest BCUT2D eigenvalue weighted by molar-refractivity contribution is -0.127. The van der Waals surface area contributed by atoms with Crippen LogP contribution in [-0.4, -0.2) is 24.3 Å². The molecule has 2 aromatic carbocycles. The minimum atomic E-state index is -0.529. The van der Waals surface area contributed by atoms with Crippen LogP contribution in [0.25, 0.3) is 0 Å². The third-order valence-electron chi connectivity index (χ3n) is 3.84. The maximum atomic E-state index is 12.2. The van der Waals surface area contributed by atoms with Gasteiger partial charge in [-0.1, -0.05) is 54.4 Å². The number of para-hydroxylation sites is 1. The number of hydrogen-bond acceptors (Lipinski definition) is 3. The van der Waals surface area contributed by atoms with Crippen molar-refractivity contribution in [1.29, 1.82) is 0 Å². The topological polar surface area (TPSA) is 38.3 Å². The molecule has 0 unspecified atom stereocenters. The van der Waals surface area contributed by atoms with E-state index in [9.17, 15) is 4.79 Å². The summed E-state index contributed by atoms with van der Waals surface area (Å²) in [6.45, 7) is 4.41. The number of thioether (sulfide) groups is 1. The molecule has 0 saturated heterocycles. The van der Waals surface area contributed by atoms with Crippen molar-refractivity contribution in [3.63, 3.8) is 0 Å². The lowest BCUT2D eigenvalue weighted by Crippen LogP contribution is -2.37. The SMILES string of the molecule is CCc1ccccc1O[C@H](C)C(=O)NCCSCc1ccc(Cl)cc1Cl. The number of carbonyl (C=O) groups excluding carboxylic acids is 1. The maximum absolute atomic E-state index is 12.2. The van der Waals surface area contributed by atoms with E-state index >= 15 is 0 Å². The summed E-state index contributed by atoms with van der Waals surface area (Å²) in [6.07, 6.45) is 0.340. The molecule has 0 bridgehead atoms. The molecule has 0 spiro atoms. The Morgan fingerprint density at radius 2 is 1.96 bits per heavy atom. The van der Waals surface area contributed by atoms with Crippen LogP contribution in [0.4, 0.5) is 0 Å². The Bertz CT molecular complexity index is 740. The molecule has 0 saturated carbocycles. The Kier molecular flexibility index (Phi) is 8.63. The van der Waals surface area contributed by atoms with Gasteiger partial charge in [0.25, 0.3) is 5.91 Å². The monoisotopic (exact) mass is 411 g/mol. The standard InChI is InChI=1S/C20H23Cl2NO2S/c1-3-15-6-4-5-7-19(15)25-14(2)20(24)23-10-11-26-13-16-8-9-17(21)12-18(16)22/h4-9,12,14H,3,10-11,13H2,1-2H3,(H,23,24)/t14-/m1/s1. The normalized spacial score (nSPS) is 11.8. The first-order valence-corrected chi connectivity index (χ1v) is 10.5. The van der Waals surface area contributed by atoms with Crippen LogP contribution < -0.4 is 10.1 Å². The summed E-state index contributed by atoms with van der Waals surface area (Å²) in [5, 5.41) is 4.22. The van der Waals surface area contributed by atoms with Crippen LogP contribution in [0.3, 0.4) is 0 Å². The quantitative estimate of drug-likeness (QED) is 0.563. The van der Waals surface area contributed by atoms with Crippen molar-refractivity contribution in [1.82, 2.24) is 5.32 Å². The van der Waals surface area contributed by atoms with Crippen molar-refractivity contribution in [3.8, 4) is 5.75 Å². The summed E-state index contributed by atoms with van der Waals surface area (Å²) in [7, 11) is 0. The van der Waals surface area contributed by atoms with E-state index in [2.05, 4.69) is 12.2 Å². The smallest absolute Gasteiger partial charge is 0.260 e. The first kappa shape index (κ1) is 20.9. The lowest BCUT2D eigenvalue weighted by atomic mass is 10.1. The third kappa shape index (κ3) is 6.42. The molecule has 2 aromatic rings. The van der Waals surface area contributed by atoms with Crippen molar-refractivity contribution in [2.45, 2.75) is 32.1 Å². The summed E-state index contributed by atoms with van der Waals surface area (Å²) >= 11 is 13.8. The maximum Gasteiger partial charge on any atom is 0.260 e. The molecule has 0 fully saturated rings. The molecule has 3 nitrogen and oxygen atoms in total. The number of aryl methyl sites for hydroxylation is 1. The molecule has 0 aromatic heterocycles. The highest BCUT2D eigenvalue weighted by Crippen LogP contribution is 2.24. The Hall–Kier alpha value is -1.36. The number of rotatable bonds is 9. The highest BCUT2D eigenvalue weighted by molar-refractivity contribution is 7.98. The fraction of sp³-hybridized carbons (Fsp3) is 0.350. The molecule has 0 aliphatic heterocycles. The van der Waals surface area contributed by atoms with Crippen molar-refractivity contribution < 1.29 is 9.53 Å². The Morgan fingerprint density at radius 3 is 2.69 bits per heavy atom. The van der Waals surface area contributed by atoms with E-state index in [4.69, 9.17) is 27.9 Å². The number of hydrogen-bond donors (Lipinski definition) is 1. The number of amides is 1. The molecule has 0 heterocycles. The molecule has 0 aliphatic carbocycles. The lowest BCUT2D eigenvalue weighted by Gasteiger charge is -2.16. The van der Waals surface area contributed by atoms with Crippen LogP contribution >= 0.6 is 35.0 Å². The summed E-state index contributed by atoms with van der Waals surface area (Å²) in [5.41, 5.74) is 2.14. The number of carbonyl (C=O) groups is 1. The van der Waals surface area contributed by atoms with Crippen LogP contribution in [0.15, 0.2) is 42.5 Å². The van der Waals surface area contributed by atoms with Crippen LogP contribution in [-0.2, 0) is 17.0 Å². The van der Waals surface area contributed by atoms with E-state index in [-0.39, 0.29) is 5.91 Å². The van der Waals surface area contributed by atoms with Crippen molar-refractivity contribution in [3.05, 3.63) is 63.6 Å². The molecule has 1 amide bonds. The van der Waals surface area contributed by atoms with Gasteiger partial charge in [0.1, 0.15) is 5.75 Å². The Balaban J connectivity index is 1.71. The van der Waals surface area contributed by atoms with Gasteiger partial charge in [0.2, 0.25) is 0 Å². The number of ether oxygens (including phenoxy) is 1. The highest BCUT2D eigenvalue weighted by Gasteiger charge is 2.15. The van der Waals surface area contributed by atoms with Gasteiger partial charge in [-0.25, -0.2) is 0 Å². The average molecular weight is 412 g/mol. The first-order chi connectivity index (χ1) is 12.5. The van der Waals surface area contributed by atoms with Gasteiger partial charge in [-0.05, 0) is 42.7 Å². The van der Waals surface area contributed by atoms with Gasteiger partial charge in [-0.15, -0.1) is 0 Å². The second-order valence-electron chi connectivity index (χ2n) is 5.80. The van der Waals surface area contributed by atoms with E-state index in [1.165, 1.54) is 0 Å². The molecular weight excluding hydrogens is 389 g/mol. The minimum Gasteiger partial charge on any atom is -0.481 e. The zero-order valence-corrected chi connectivity index (χ0v) is 17.3. The fourth-order valence-corrected chi connectivity index (χ4v) is 3.78. The second kappa shape index (κ2) is 10.7. The molecule has 140 valence electrons. The van der Waals surface area contributed by atoms with Crippen LogP contribution in [0, 0.1) is 0 Å². The Morgan fingerprint density at radius 1 is 1.19 bits per heavy atom.